The summed E-state index contributed by atoms with van der Waals surface area (Å²) in [5, 5.41) is 8.80. The van der Waals surface area contributed by atoms with Crippen molar-refractivity contribution in [3.63, 3.8) is 0 Å². The van der Waals surface area contributed by atoms with Crippen LogP contribution in [0.1, 0.15) is 17.3 Å². The molecule has 82 valence electrons. The molecule has 0 bridgehead atoms. The van der Waals surface area contributed by atoms with Gasteiger partial charge < -0.3 is 9.52 Å². The summed E-state index contributed by atoms with van der Waals surface area (Å²) in [4.78, 5) is 33.1. The Morgan fingerprint density at radius 3 is 2.62 bits per heavy atom. The Morgan fingerprint density at radius 2 is 2.06 bits per heavy atom. The number of ketones is 1. The summed E-state index contributed by atoms with van der Waals surface area (Å²) >= 11 is 0. The summed E-state index contributed by atoms with van der Waals surface area (Å²) < 4.78 is 5.17. The van der Waals surface area contributed by atoms with Crippen LogP contribution >= 0.6 is 0 Å². The second-order valence-corrected chi connectivity index (χ2v) is 3.22. The number of carbonyl (C=O) groups excluding carboxylic acids is 1. The van der Waals surface area contributed by atoms with E-state index < -0.39 is 11.8 Å². The molecule has 2 aromatic rings. The average molecular weight is 221 g/mol. The summed E-state index contributed by atoms with van der Waals surface area (Å²) in [7, 11) is 0. The molecule has 6 heteroatoms. The van der Waals surface area contributed by atoms with Crippen LogP contribution in [-0.4, -0.2) is 21.6 Å². The monoisotopic (exact) mass is 221 g/mol. The third-order valence-electron chi connectivity index (χ3n) is 2.18. The number of aromatic nitrogens is 1. The van der Waals surface area contributed by atoms with E-state index in [1.54, 1.807) is 0 Å². The maximum absolute atomic E-state index is 11.2. The molecular formula is C10H7NO5. The normalized spacial score (nSPS) is 10.6. The van der Waals surface area contributed by atoms with Gasteiger partial charge in [-0.05, 0) is 25.1 Å². The summed E-state index contributed by atoms with van der Waals surface area (Å²) in [6.07, 6.45) is -1.44. The van der Waals surface area contributed by atoms with Gasteiger partial charge >= 0.3 is 11.8 Å². The van der Waals surface area contributed by atoms with Crippen LogP contribution in [0.25, 0.3) is 11.1 Å². The van der Waals surface area contributed by atoms with E-state index in [0.29, 0.717) is 10.1 Å². The van der Waals surface area contributed by atoms with Crippen molar-refractivity contribution in [3.05, 3.63) is 34.3 Å². The van der Waals surface area contributed by atoms with Gasteiger partial charge in [0.25, 0.3) is 0 Å². The van der Waals surface area contributed by atoms with Gasteiger partial charge in [0, 0.05) is 5.56 Å². The Labute approximate surface area is 88.7 Å². The average Bonchev–Trinajstić information content (AvgIpc) is 2.51. The van der Waals surface area contributed by atoms with Gasteiger partial charge in [0.05, 0.1) is 0 Å². The lowest BCUT2D eigenvalue weighted by atomic mass is 10.1. The number of fused-ring (bicyclic) bond motifs is 1. The molecule has 0 aliphatic heterocycles. The first-order valence-electron chi connectivity index (χ1n) is 4.40. The van der Waals surface area contributed by atoms with E-state index in [4.69, 9.17) is 9.52 Å². The Balaban J connectivity index is 2.85. The van der Waals surface area contributed by atoms with Gasteiger partial charge in [-0.15, -0.1) is 0 Å². The van der Waals surface area contributed by atoms with Crippen molar-refractivity contribution in [2.75, 3.05) is 0 Å². The van der Waals surface area contributed by atoms with E-state index in [1.165, 1.54) is 25.1 Å². The van der Waals surface area contributed by atoms with E-state index in [1.807, 2.05) is 0 Å². The number of benzene rings is 1. The summed E-state index contributed by atoms with van der Waals surface area (Å²) in [6, 6.07) is 4.18. The van der Waals surface area contributed by atoms with Crippen LogP contribution in [0.3, 0.4) is 0 Å². The predicted molar refractivity (Wildman–Crippen MR) is 53.9 cm³/mol. The maximum Gasteiger partial charge on any atom is 0.429 e. The standard InChI is InChI=1S/C10H7NO5/c1-5(12)6-2-3-8-7(4-6)11(9(13)14)10(15)16-8/h2-4H,1H3,(H,13,14). The lowest BCUT2D eigenvalue weighted by Gasteiger charge is -1.96. The van der Waals surface area contributed by atoms with Crippen molar-refractivity contribution in [2.45, 2.75) is 6.92 Å². The quantitative estimate of drug-likeness (QED) is 0.733. The molecule has 0 spiro atoms. The fourth-order valence-corrected chi connectivity index (χ4v) is 1.42. The Kier molecular flexibility index (Phi) is 2.12. The first kappa shape index (κ1) is 10.2. The molecular weight excluding hydrogens is 214 g/mol. The highest BCUT2D eigenvalue weighted by Crippen LogP contribution is 2.15. The van der Waals surface area contributed by atoms with Gasteiger partial charge in [-0.1, -0.05) is 0 Å². The van der Waals surface area contributed by atoms with Gasteiger partial charge in [0.2, 0.25) is 0 Å². The van der Waals surface area contributed by atoms with E-state index >= 15 is 0 Å². The third kappa shape index (κ3) is 1.40. The fourth-order valence-electron chi connectivity index (χ4n) is 1.42. The molecule has 6 nitrogen and oxygen atoms in total. The molecule has 1 N–H and O–H groups in total. The van der Waals surface area contributed by atoms with Crippen LogP contribution in [0.4, 0.5) is 4.79 Å². The van der Waals surface area contributed by atoms with E-state index in [0.717, 1.165) is 0 Å². The third-order valence-corrected chi connectivity index (χ3v) is 2.18. The molecule has 0 fully saturated rings. The van der Waals surface area contributed by atoms with Crippen LogP contribution in [0.2, 0.25) is 0 Å². The number of hydrogen-bond acceptors (Lipinski definition) is 4. The van der Waals surface area contributed by atoms with Gasteiger partial charge in [-0.3, -0.25) is 4.79 Å². The van der Waals surface area contributed by atoms with Crippen molar-refractivity contribution >= 4 is 23.0 Å². The lowest BCUT2D eigenvalue weighted by molar-refractivity contribution is 0.101. The van der Waals surface area contributed by atoms with Crippen molar-refractivity contribution in [1.29, 1.82) is 0 Å². The minimum absolute atomic E-state index is 0.0743. The fraction of sp³-hybridized carbons (Fsp3) is 0.100. The zero-order chi connectivity index (χ0) is 11.9. The first-order chi connectivity index (χ1) is 7.50. The number of carbonyl (C=O) groups is 2. The molecule has 0 radical (unpaired) electrons. The second kappa shape index (κ2) is 3.34. The number of oxazole rings is 1. The minimum atomic E-state index is -1.44. The Morgan fingerprint density at radius 1 is 1.38 bits per heavy atom. The largest absolute Gasteiger partial charge is 0.464 e. The molecule has 0 atom stereocenters. The van der Waals surface area contributed by atoms with Crippen LogP contribution in [0, 0.1) is 0 Å². The highest BCUT2D eigenvalue weighted by atomic mass is 16.4. The molecule has 2 rings (SSSR count). The molecule has 0 unspecified atom stereocenters. The van der Waals surface area contributed by atoms with Crippen LogP contribution < -0.4 is 5.76 Å². The molecule has 0 amide bonds. The number of rotatable bonds is 1. The summed E-state index contributed by atoms with van der Waals surface area (Å²) in [5.74, 6) is -1.20. The first-order valence-corrected chi connectivity index (χ1v) is 4.40. The molecule has 0 aliphatic rings. The van der Waals surface area contributed by atoms with Crippen molar-refractivity contribution in [2.24, 2.45) is 0 Å². The zero-order valence-corrected chi connectivity index (χ0v) is 8.26. The smallest absolute Gasteiger partial charge is 0.429 e. The summed E-state index contributed by atoms with van der Waals surface area (Å²) in [5.41, 5.74) is 0.533. The maximum atomic E-state index is 11.2. The topological polar surface area (TPSA) is 89.5 Å². The highest BCUT2D eigenvalue weighted by molar-refractivity contribution is 5.98. The van der Waals surface area contributed by atoms with E-state index in [2.05, 4.69) is 0 Å². The molecule has 0 saturated carbocycles. The molecule has 1 aromatic heterocycles. The molecule has 1 heterocycles. The SMILES string of the molecule is CC(=O)c1ccc2oc(=O)n(C(=O)O)c2c1. The van der Waals surface area contributed by atoms with Crippen LogP contribution in [0.15, 0.2) is 27.4 Å². The molecule has 1 aromatic carbocycles. The Bertz CT molecular complexity index is 649. The van der Waals surface area contributed by atoms with Gasteiger partial charge in [0.1, 0.15) is 5.52 Å². The van der Waals surface area contributed by atoms with E-state index in [9.17, 15) is 14.4 Å². The minimum Gasteiger partial charge on any atom is -0.464 e. The van der Waals surface area contributed by atoms with Crippen molar-refractivity contribution in [1.82, 2.24) is 4.57 Å². The number of nitrogens with zero attached hydrogens (tertiary/aromatic N) is 1. The van der Waals surface area contributed by atoms with Gasteiger partial charge in [0.15, 0.2) is 11.4 Å². The lowest BCUT2D eigenvalue weighted by Crippen LogP contribution is -2.20. The predicted octanol–water partition coefficient (Wildman–Crippen LogP) is 1.32. The zero-order valence-electron chi connectivity index (χ0n) is 8.26. The molecule has 16 heavy (non-hydrogen) atoms. The summed E-state index contributed by atoms with van der Waals surface area (Å²) in [6.45, 7) is 1.35. The van der Waals surface area contributed by atoms with Crippen molar-refractivity contribution < 1.29 is 19.1 Å². The highest BCUT2D eigenvalue weighted by Gasteiger charge is 2.15. The van der Waals surface area contributed by atoms with Crippen LogP contribution in [0.5, 0.6) is 0 Å². The van der Waals surface area contributed by atoms with E-state index in [-0.39, 0.29) is 16.9 Å². The number of Topliss-reactive ketones (excluding diaryl/α,β-unsaturated/α-hetero) is 1. The molecule has 0 aliphatic carbocycles. The Hall–Kier alpha value is -2.37. The van der Waals surface area contributed by atoms with Crippen molar-refractivity contribution in [3.8, 4) is 0 Å². The number of hydrogen-bond donors (Lipinski definition) is 1. The van der Waals surface area contributed by atoms with Crippen LogP contribution in [-0.2, 0) is 0 Å². The van der Waals surface area contributed by atoms with Gasteiger partial charge in [-0.25, -0.2) is 9.59 Å². The van der Waals surface area contributed by atoms with Gasteiger partial charge in [-0.2, -0.15) is 4.57 Å². The number of carboxylic acid groups (broad SMARTS) is 1. The second-order valence-electron chi connectivity index (χ2n) is 3.22. The molecule has 0 saturated heterocycles.